The first-order valence-electron chi connectivity index (χ1n) is 7.45. The van der Waals surface area contributed by atoms with Crippen LogP contribution in [-0.4, -0.2) is 17.5 Å². The molecule has 1 heterocycles. The summed E-state index contributed by atoms with van der Waals surface area (Å²) in [5, 5.41) is 10.1. The zero-order chi connectivity index (χ0) is 16.2. The Balaban J connectivity index is 2.08. The third-order valence-corrected chi connectivity index (χ3v) is 3.80. The van der Waals surface area contributed by atoms with Gasteiger partial charge in [0, 0.05) is 29.2 Å². The Kier molecular flexibility index (Phi) is 4.11. The molecule has 0 aliphatic rings. The predicted octanol–water partition coefficient (Wildman–Crippen LogP) is 3.77. The summed E-state index contributed by atoms with van der Waals surface area (Å²) in [6.07, 6.45) is 2.67. The number of nitriles is 1. The van der Waals surface area contributed by atoms with E-state index in [1.807, 2.05) is 54.1 Å². The summed E-state index contributed by atoms with van der Waals surface area (Å²) in [4.78, 5) is 11.4. The number of fused-ring (bicyclic) bond motifs is 1. The van der Waals surface area contributed by atoms with Gasteiger partial charge in [0.15, 0.2) is 6.29 Å². The van der Waals surface area contributed by atoms with Gasteiger partial charge in [0.1, 0.15) is 5.75 Å². The molecule has 2 aromatic carbocycles. The van der Waals surface area contributed by atoms with Gasteiger partial charge in [0.05, 0.1) is 18.2 Å². The number of aldehydes is 1. The molecule has 0 N–H and O–H groups in total. The Hall–Kier alpha value is -3.06. The molecule has 0 saturated carbocycles. The van der Waals surface area contributed by atoms with E-state index >= 15 is 0 Å². The van der Waals surface area contributed by atoms with Crippen molar-refractivity contribution in [2.75, 3.05) is 6.61 Å². The summed E-state index contributed by atoms with van der Waals surface area (Å²) < 4.78 is 7.50. The standard InChI is InChI=1S/C19H16N2O2/c1-2-23-17-7-8-19-18(9-17)16(13-22)12-21(19)11-15-6-4-3-5-14(15)10-20/h3-9,12-13H,2,11H2,1H3. The second-order valence-corrected chi connectivity index (χ2v) is 5.21. The van der Waals surface area contributed by atoms with Gasteiger partial charge in [0.25, 0.3) is 0 Å². The van der Waals surface area contributed by atoms with Gasteiger partial charge in [0.2, 0.25) is 0 Å². The average Bonchev–Trinajstić information content (AvgIpc) is 2.93. The number of rotatable bonds is 5. The van der Waals surface area contributed by atoms with Crippen molar-refractivity contribution in [3.05, 3.63) is 65.4 Å². The van der Waals surface area contributed by atoms with E-state index in [0.717, 1.165) is 28.5 Å². The van der Waals surface area contributed by atoms with Crippen molar-refractivity contribution >= 4 is 17.2 Å². The van der Waals surface area contributed by atoms with Crippen LogP contribution >= 0.6 is 0 Å². The molecule has 23 heavy (non-hydrogen) atoms. The van der Waals surface area contributed by atoms with Gasteiger partial charge in [-0.3, -0.25) is 4.79 Å². The van der Waals surface area contributed by atoms with Crippen molar-refractivity contribution in [2.24, 2.45) is 0 Å². The fraction of sp³-hybridized carbons (Fsp3) is 0.158. The number of hydrogen-bond acceptors (Lipinski definition) is 3. The Morgan fingerprint density at radius 1 is 1.26 bits per heavy atom. The molecule has 0 spiro atoms. The van der Waals surface area contributed by atoms with Crippen molar-refractivity contribution in [3.8, 4) is 11.8 Å². The van der Waals surface area contributed by atoms with Crippen molar-refractivity contribution in [1.82, 2.24) is 4.57 Å². The summed E-state index contributed by atoms with van der Waals surface area (Å²) in [6, 6.07) is 15.4. The lowest BCUT2D eigenvalue weighted by molar-refractivity contribution is 0.112. The van der Waals surface area contributed by atoms with E-state index in [1.54, 1.807) is 6.07 Å². The van der Waals surface area contributed by atoms with Crippen LogP contribution in [0, 0.1) is 11.3 Å². The maximum absolute atomic E-state index is 11.4. The Morgan fingerprint density at radius 3 is 2.83 bits per heavy atom. The molecule has 0 aliphatic carbocycles. The van der Waals surface area contributed by atoms with Gasteiger partial charge in [-0.2, -0.15) is 5.26 Å². The van der Waals surface area contributed by atoms with E-state index in [-0.39, 0.29) is 0 Å². The van der Waals surface area contributed by atoms with E-state index in [2.05, 4.69) is 6.07 Å². The molecule has 0 fully saturated rings. The summed E-state index contributed by atoms with van der Waals surface area (Å²) >= 11 is 0. The van der Waals surface area contributed by atoms with Crippen LogP contribution < -0.4 is 4.74 Å². The Morgan fingerprint density at radius 2 is 2.09 bits per heavy atom. The summed E-state index contributed by atoms with van der Waals surface area (Å²) in [6.45, 7) is 3.05. The highest BCUT2D eigenvalue weighted by Crippen LogP contribution is 2.26. The smallest absolute Gasteiger partial charge is 0.152 e. The maximum Gasteiger partial charge on any atom is 0.152 e. The number of hydrogen-bond donors (Lipinski definition) is 0. The minimum Gasteiger partial charge on any atom is -0.494 e. The number of aromatic nitrogens is 1. The number of carbonyl (C=O) groups is 1. The number of benzene rings is 2. The second kappa shape index (κ2) is 6.37. The van der Waals surface area contributed by atoms with Crippen LogP contribution in [0.1, 0.15) is 28.4 Å². The molecule has 4 heteroatoms. The molecular formula is C19H16N2O2. The topological polar surface area (TPSA) is 55.0 Å². The molecule has 0 atom stereocenters. The van der Waals surface area contributed by atoms with E-state index in [4.69, 9.17) is 4.74 Å². The lowest BCUT2D eigenvalue weighted by Gasteiger charge is -2.08. The van der Waals surface area contributed by atoms with E-state index in [1.165, 1.54) is 0 Å². The van der Waals surface area contributed by atoms with Crippen LogP contribution in [0.2, 0.25) is 0 Å². The fourth-order valence-electron chi connectivity index (χ4n) is 2.74. The normalized spacial score (nSPS) is 10.4. The second-order valence-electron chi connectivity index (χ2n) is 5.21. The first-order valence-corrected chi connectivity index (χ1v) is 7.45. The molecule has 4 nitrogen and oxygen atoms in total. The monoisotopic (exact) mass is 304 g/mol. The van der Waals surface area contributed by atoms with Gasteiger partial charge in [-0.1, -0.05) is 18.2 Å². The van der Waals surface area contributed by atoms with E-state index < -0.39 is 0 Å². The van der Waals surface area contributed by atoms with Crippen LogP contribution in [0.15, 0.2) is 48.7 Å². The molecule has 0 bridgehead atoms. The minimum absolute atomic E-state index is 0.544. The van der Waals surface area contributed by atoms with E-state index in [0.29, 0.717) is 24.3 Å². The van der Waals surface area contributed by atoms with Crippen molar-refractivity contribution < 1.29 is 9.53 Å². The van der Waals surface area contributed by atoms with E-state index in [9.17, 15) is 10.1 Å². The van der Waals surface area contributed by atoms with Crippen LogP contribution in [0.25, 0.3) is 10.9 Å². The van der Waals surface area contributed by atoms with Crippen LogP contribution in [0.3, 0.4) is 0 Å². The summed E-state index contributed by atoms with van der Waals surface area (Å²) in [5.41, 5.74) is 3.14. The van der Waals surface area contributed by atoms with Gasteiger partial charge in [-0.25, -0.2) is 0 Å². The molecule has 3 rings (SSSR count). The van der Waals surface area contributed by atoms with Crippen molar-refractivity contribution in [2.45, 2.75) is 13.5 Å². The van der Waals surface area contributed by atoms with Gasteiger partial charge in [-0.05, 0) is 36.8 Å². The van der Waals surface area contributed by atoms with Crippen LogP contribution in [-0.2, 0) is 6.54 Å². The SMILES string of the molecule is CCOc1ccc2c(c1)c(C=O)cn2Cc1ccccc1C#N. The summed E-state index contributed by atoms with van der Waals surface area (Å²) in [5.74, 6) is 0.748. The fourth-order valence-corrected chi connectivity index (χ4v) is 2.74. The zero-order valence-corrected chi connectivity index (χ0v) is 12.8. The molecular weight excluding hydrogens is 288 g/mol. The molecule has 0 saturated heterocycles. The molecule has 1 aromatic heterocycles. The van der Waals surface area contributed by atoms with Crippen molar-refractivity contribution in [3.63, 3.8) is 0 Å². The summed E-state index contributed by atoms with van der Waals surface area (Å²) in [7, 11) is 0. The highest BCUT2D eigenvalue weighted by Gasteiger charge is 2.11. The van der Waals surface area contributed by atoms with Gasteiger partial charge >= 0.3 is 0 Å². The number of carbonyl (C=O) groups excluding carboxylic acids is 1. The number of nitrogens with zero attached hydrogens (tertiary/aromatic N) is 2. The lowest BCUT2D eigenvalue weighted by Crippen LogP contribution is -2.00. The molecule has 3 aromatic rings. The van der Waals surface area contributed by atoms with Crippen molar-refractivity contribution in [1.29, 1.82) is 5.26 Å². The average molecular weight is 304 g/mol. The quantitative estimate of drug-likeness (QED) is 0.674. The Labute approximate surface area is 134 Å². The minimum atomic E-state index is 0.544. The third kappa shape index (κ3) is 2.82. The maximum atomic E-state index is 11.4. The molecule has 0 unspecified atom stereocenters. The first-order chi connectivity index (χ1) is 11.3. The molecule has 0 amide bonds. The molecule has 114 valence electrons. The molecule has 0 radical (unpaired) electrons. The van der Waals surface area contributed by atoms with Crippen LogP contribution in [0.5, 0.6) is 5.75 Å². The predicted molar refractivity (Wildman–Crippen MR) is 88.8 cm³/mol. The van der Waals surface area contributed by atoms with Gasteiger partial charge in [-0.15, -0.1) is 0 Å². The third-order valence-electron chi connectivity index (χ3n) is 3.80. The lowest BCUT2D eigenvalue weighted by atomic mass is 10.1. The first kappa shape index (κ1) is 14.9. The van der Waals surface area contributed by atoms with Crippen LogP contribution in [0.4, 0.5) is 0 Å². The Bertz CT molecular complexity index is 903. The largest absolute Gasteiger partial charge is 0.494 e. The van der Waals surface area contributed by atoms with Gasteiger partial charge < -0.3 is 9.30 Å². The highest BCUT2D eigenvalue weighted by molar-refractivity contribution is 5.98. The number of ether oxygens (including phenoxy) is 1. The highest BCUT2D eigenvalue weighted by atomic mass is 16.5. The molecule has 0 aliphatic heterocycles. The zero-order valence-electron chi connectivity index (χ0n) is 12.8.